The van der Waals surface area contributed by atoms with Crippen LogP contribution in [0.5, 0.6) is 0 Å². The summed E-state index contributed by atoms with van der Waals surface area (Å²) in [6.45, 7) is 2.32. The summed E-state index contributed by atoms with van der Waals surface area (Å²) in [5, 5.41) is 12.9. The first-order chi connectivity index (χ1) is 6.76. The Hall–Kier alpha value is -0.730. The smallest absolute Gasteiger partial charge is 0.0450 e. The van der Waals surface area contributed by atoms with Crippen LogP contribution < -0.4 is 5.32 Å². The molecule has 3 heteroatoms. The third-order valence-corrected chi connectivity index (χ3v) is 2.44. The molecule has 0 aromatic heterocycles. The lowest BCUT2D eigenvalue weighted by atomic mass is 10.1. The average molecular weight is 214 g/mol. The van der Waals surface area contributed by atoms with Crippen molar-refractivity contribution in [1.29, 1.82) is 0 Å². The second kappa shape index (κ2) is 5.89. The van der Waals surface area contributed by atoms with Gasteiger partial charge in [0.1, 0.15) is 0 Å². The summed E-state index contributed by atoms with van der Waals surface area (Å²) in [5.74, 6) is 0. The molecule has 0 aliphatic rings. The fourth-order valence-corrected chi connectivity index (χ4v) is 1.44. The Kier molecular flexibility index (Phi) is 4.77. The third kappa shape index (κ3) is 3.56. The summed E-state index contributed by atoms with van der Waals surface area (Å²) in [6.07, 6.45) is 1.78. The minimum absolute atomic E-state index is 0.221. The minimum Gasteiger partial charge on any atom is -0.396 e. The number of rotatable bonds is 5. The first-order valence-corrected chi connectivity index (χ1v) is 5.27. The van der Waals surface area contributed by atoms with Gasteiger partial charge >= 0.3 is 0 Å². The summed E-state index contributed by atoms with van der Waals surface area (Å²) in [4.78, 5) is 0. The fourth-order valence-electron chi connectivity index (χ4n) is 1.32. The molecule has 0 amide bonds. The molecule has 1 unspecified atom stereocenters. The predicted octanol–water partition coefficient (Wildman–Crippen LogP) is 2.91. The maximum Gasteiger partial charge on any atom is 0.0450 e. The highest BCUT2D eigenvalue weighted by Crippen LogP contribution is 2.15. The molecular weight excluding hydrogens is 198 g/mol. The number of hydrogen-bond donors (Lipinski definition) is 2. The van der Waals surface area contributed by atoms with Crippen molar-refractivity contribution in [1.82, 2.24) is 0 Å². The molecule has 0 saturated carbocycles. The van der Waals surface area contributed by atoms with E-state index >= 15 is 0 Å². The topological polar surface area (TPSA) is 32.3 Å². The van der Waals surface area contributed by atoms with Gasteiger partial charge in [-0.1, -0.05) is 18.5 Å². The van der Waals surface area contributed by atoms with E-state index in [-0.39, 0.29) is 6.61 Å². The molecule has 1 atom stereocenters. The van der Waals surface area contributed by atoms with Gasteiger partial charge in [0, 0.05) is 23.4 Å². The van der Waals surface area contributed by atoms with E-state index in [1.807, 2.05) is 24.3 Å². The van der Waals surface area contributed by atoms with E-state index in [0.29, 0.717) is 6.04 Å². The van der Waals surface area contributed by atoms with Gasteiger partial charge in [-0.15, -0.1) is 0 Å². The molecule has 0 aliphatic carbocycles. The highest BCUT2D eigenvalue weighted by atomic mass is 35.5. The van der Waals surface area contributed by atoms with Crippen molar-refractivity contribution in [2.75, 3.05) is 11.9 Å². The number of benzene rings is 1. The van der Waals surface area contributed by atoms with Crippen molar-refractivity contribution in [2.24, 2.45) is 0 Å². The van der Waals surface area contributed by atoms with E-state index < -0.39 is 0 Å². The van der Waals surface area contributed by atoms with Crippen molar-refractivity contribution in [3.05, 3.63) is 29.3 Å². The predicted molar refractivity (Wildman–Crippen MR) is 60.9 cm³/mol. The van der Waals surface area contributed by atoms with E-state index in [0.717, 1.165) is 23.6 Å². The maximum absolute atomic E-state index is 8.83. The third-order valence-electron chi connectivity index (χ3n) is 2.19. The van der Waals surface area contributed by atoms with Gasteiger partial charge in [-0.05, 0) is 37.1 Å². The van der Waals surface area contributed by atoms with Crippen LogP contribution in [0.1, 0.15) is 19.8 Å². The SMILES string of the molecule is CCC(CCO)Nc1ccc(Cl)cc1. The Balaban J connectivity index is 2.53. The zero-order valence-corrected chi connectivity index (χ0v) is 9.09. The van der Waals surface area contributed by atoms with Crippen molar-refractivity contribution in [3.63, 3.8) is 0 Å². The first kappa shape index (κ1) is 11.3. The first-order valence-electron chi connectivity index (χ1n) is 4.89. The van der Waals surface area contributed by atoms with Gasteiger partial charge in [-0.3, -0.25) is 0 Å². The lowest BCUT2D eigenvalue weighted by Crippen LogP contribution is -2.19. The number of anilines is 1. The van der Waals surface area contributed by atoms with Gasteiger partial charge in [0.05, 0.1) is 0 Å². The Labute approximate surface area is 89.9 Å². The van der Waals surface area contributed by atoms with Crippen LogP contribution in [0.2, 0.25) is 5.02 Å². The average Bonchev–Trinajstić information content (AvgIpc) is 2.20. The van der Waals surface area contributed by atoms with E-state index in [2.05, 4.69) is 12.2 Å². The molecule has 2 nitrogen and oxygen atoms in total. The second-order valence-electron chi connectivity index (χ2n) is 3.27. The van der Waals surface area contributed by atoms with E-state index in [1.54, 1.807) is 0 Å². The van der Waals surface area contributed by atoms with Gasteiger partial charge in [0.25, 0.3) is 0 Å². The largest absolute Gasteiger partial charge is 0.396 e. The summed E-state index contributed by atoms with van der Waals surface area (Å²) in [5.41, 5.74) is 1.05. The van der Waals surface area contributed by atoms with E-state index in [1.165, 1.54) is 0 Å². The minimum atomic E-state index is 0.221. The fraction of sp³-hybridized carbons (Fsp3) is 0.455. The molecule has 0 bridgehead atoms. The molecule has 0 saturated heterocycles. The molecule has 0 heterocycles. The van der Waals surface area contributed by atoms with Gasteiger partial charge in [0.2, 0.25) is 0 Å². The Morgan fingerprint density at radius 1 is 1.36 bits per heavy atom. The van der Waals surface area contributed by atoms with Crippen LogP contribution in [0.15, 0.2) is 24.3 Å². The summed E-state index contributed by atoms with van der Waals surface area (Å²) >= 11 is 5.78. The van der Waals surface area contributed by atoms with Crippen LogP contribution >= 0.6 is 11.6 Å². The van der Waals surface area contributed by atoms with Gasteiger partial charge in [-0.2, -0.15) is 0 Å². The normalized spacial score (nSPS) is 12.5. The van der Waals surface area contributed by atoms with Gasteiger partial charge < -0.3 is 10.4 Å². The molecule has 0 spiro atoms. The zero-order chi connectivity index (χ0) is 10.4. The van der Waals surface area contributed by atoms with Gasteiger partial charge in [-0.25, -0.2) is 0 Å². The molecule has 14 heavy (non-hydrogen) atoms. The number of hydrogen-bond acceptors (Lipinski definition) is 2. The zero-order valence-electron chi connectivity index (χ0n) is 8.33. The Morgan fingerprint density at radius 2 is 2.00 bits per heavy atom. The van der Waals surface area contributed by atoms with Crippen LogP contribution in [0.25, 0.3) is 0 Å². The molecular formula is C11H16ClNO. The number of nitrogens with one attached hydrogen (secondary N) is 1. The van der Waals surface area contributed by atoms with Crippen LogP contribution in [-0.2, 0) is 0 Å². The molecule has 1 aromatic rings. The molecule has 0 aliphatic heterocycles. The molecule has 78 valence electrons. The van der Waals surface area contributed by atoms with E-state index in [9.17, 15) is 0 Å². The number of halogens is 1. The monoisotopic (exact) mass is 213 g/mol. The lowest BCUT2D eigenvalue weighted by Gasteiger charge is -2.16. The van der Waals surface area contributed by atoms with E-state index in [4.69, 9.17) is 16.7 Å². The van der Waals surface area contributed by atoms with Crippen molar-refractivity contribution < 1.29 is 5.11 Å². The Bertz CT molecular complexity index is 260. The molecule has 0 radical (unpaired) electrons. The quantitative estimate of drug-likeness (QED) is 0.789. The summed E-state index contributed by atoms with van der Waals surface area (Å²) in [6, 6.07) is 7.94. The molecule has 0 fully saturated rings. The molecule has 1 aromatic carbocycles. The van der Waals surface area contributed by atoms with Crippen molar-refractivity contribution >= 4 is 17.3 Å². The maximum atomic E-state index is 8.83. The highest BCUT2D eigenvalue weighted by Gasteiger charge is 2.04. The van der Waals surface area contributed by atoms with Crippen LogP contribution in [0.4, 0.5) is 5.69 Å². The van der Waals surface area contributed by atoms with Crippen molar-refractivity contribution in [2.45, 2.75) is 25.8 Å². The van der Waals surface area contributed by atoms with Crippen LogP contribution in [0.3, 0.4) is 0 Å². The summed E-state index contributed by atoms with van der Waals surface area (Å²) in [7, 11) is 0. The molecule has 1 rings (SSSR count). The lowest BCUT2D eigenvalue weighted by molar-refractivity contribution is 0.278. The Morgan fingerprint density at radius 3 is 2.50 bits per heavy atom. The molecule has 2 N–H and O–H groups in total. The van der Waals surface area contributed by atoms with Crippen LogP contribution in [-0.4, -0.2) is 17.8 Å². The highest BCUT2D eigenvalue weighted by molar-refractivity contribution is 6.30. The summed E-state index contributed by atoms with van der Waals surface area (Å²) < 4.78 is 0. The van der Waals surface area contributed by atoms with Crippen LogP contribution in [0, 0.1) is 0 Å². The second-order valence-corrected chi connectivity index (χ2v) is 3.71. The number of aliphatic hydroxyl groups excluding tert-OH is 1. The number of aliphatic hydroxyl groups is 1. The standard InChI is InChI=1S/C11H16ClNO/c1-2-10(7-8-14)13-11-5-3-9(12)4-6-11/h3-6,10,13-14H,2,7-8H2,1H3. The van der Waals surface area contributed by atoms with Crippen molar-refractivity contribution in [3.8, 4) is 0 Å². The van der Waals surface area contributed by atoms with Gasteiger partial charge in [0.15, 0.2) is 0 Å².